The first-order valence-corrected chi connectivity index (χ1v) is 7.42. The highest BCUT2D eigenvalue weighted by atomic mass is 79.9. The number of para-hydroxylation sites is 1. The Morgan fingerprint density at radius 3 is 2.85 bits per heavy atom. The normalized spacial score (nSPS) is 10.9. The van der Waals surface area contributed by atoms with Gasteiger partial charge in [-0.1, -0.05) is 18.2 Å². The van der Waals surface area contributed by atoms with E-state index in [2.05, 4.69) is 68.3 Å². The maximum Gasteiger partial charge on any atom is 0.125 e. The number of nitrogens with one attached hydrogen (secondary N) is 1. The molecule has 0 fully saturated rings. The van der Waals surface area contributed by atoms with E-state index in [0.29, 0.717) is 0 Å². The molecule has 4 heteroatoms. The van der Waals surface area contributed by atoms with Crippen LogP contribution in [0.2, 0.25) is 0 Å². The van der Waals surface area contributed by atoms with Crippen LogP contribution in [0.5, 0.6) is 0 Å². The fourth-order valence-corrected chi connectivity index (χ4v) is 2.66. The fourth-order valence-electron chi connectivity index (χ4n) is 2.43. The quantitative estimate of drug-likeness (QED) is 0.784. The monoisotopic (exact) mass is 329 g/mol. The maximum absolute atomic E-state index is 4.31. The summed E-state index contributed by atoms with van der Waals surface area (Å²) < 4.78 is 3.18. The van der Waals surface area contributed by atoms with Crippen molar-refractivity contribution >= 4 is 32.7 Å². The van der Waals surface area contributed by atoms with Gasteiger partial charge in [-0.15, -0.1) is 0 Å². The highest BCUT2D eigenvalue weighted by Gasteiger charge is 2.05. The predicted octanol–water partition coefficient (Wildman–Crippen LogP) is 3.99. The zero-order valence-corrected chi connectivity index (χ0v) is 12.9. The highest BCUT2D eigenvalue weighted by Crippen LogP contribution is 2.20. The molecule has 0 aliphatic rings. The van der Waals surface area contributed by atoms with E-state index in [4.69, 9.17) is 0 Å². The number of hydrogen-bond donors (Lipinski definition) is 1. The molecule has 3 nitrogen and oxygen atoms in total. The smallest absolute Gasteiger partial charge is 0.125 e. The van der Waals surface area contributed by atoms with Gasteiger partial charge in [-0.05, 0) is 46.1 Å². The van der Waals surface area contributed by atoms with E-state index in [0.717, 1.165) is 23.3 Å². The molecule has 0 saturated carbocycles. The maximum atomic E-state index is 4.31. The van der Waals surface area contributed by atoms with Crippen molar-refractivity contribution in [3.05, 3.63) is 58.8 Å². The second kappa shape index (κ2) is 5.67. The van der Waals surface area contributed by atoms with Crippen LogP contribution >= 0.6 is 15.9 Å². The summed E-state index contributed by atoms with van der Waals surface area (Å²) in [5.41, 5.74) is 2.65. The molecule has 2 heterocycles. The molecule has 0 unspecified atom stereocenters. The van der Waals surface area contributed by atoms with Gasteiger partial charge in [0.2, 0.25) is 0 Å². The van der Waals surface area contributed by atoms with Gasteiger partial charge in [0.05, 0.1) is 0 Å². The molecule has 0 saturated heterocycles. The number of aromatic nitrogens is 2. The molecule has 0 atom stereocenters. The number of pyridine rings is 1. The fraction of sp³-hybridized carbons (Fsp3) is 0.188. The summed E-state index contributed by atoms with van der Waals surface area (Å²) >= 11 is 3.39. The molecule has 0 aliphatic carbocycles. The van der Waals surface area contributed by atoms with Gasteiger partial charge in [-0.25, -0.2) is 4.98 Å². The summed E-state index contributed by atoms with van der Waals surface area (Å²) in [5.74, 6) is 0.911. The summed E-state index contributed by atoms with van der Waals surface area (Å²) in [7, 11) is 2.09. The van der Waals surface area contributed by atoms with E-state index < -0.39 is 0 Å². The molecule has 102 valence electrons. The van der Waals surface area contributed by atoms with E-state index >= 15 is 0 Å². The van der Waals surface area contributed by atoms with Gasteiger partial charge in [0.25, 0.3) is 0 Å². The van der Waals surface area contributed by atoms with Crippen LogP contribution in [0.4, 0.5) is 5.82 Å². The first kappa shape index (κ1) is 13.2. The molecule has 3 rings (SSSR count). The van der Waals surface area contributed by atoms with Crippen molar-refractivity contribution < 1.29 is 0 Å². The summed E-state index contributed by atoms with van der Waals surface area (Å²) in [4.78, 5) is 4.31. The molecule has 2 aromatic heterocycles. The van der Waals surface area contributed by atoms with E-state index in [1.165, 1.54) is 16.5 Å². The zero-order valence-electron chi connectivity index (χ0n) is 11.3. The molecule has 20 heavy (non-hydrogen) atoms. The summed E-state index contributed by atoms with van der Waals surface area (Å²) in [6.07, 6.45) is 5.00. The van der Waals surface area contributed by atoms with Crippen molar-refractivity contribution in [1.82, 2.24) is 9.55 Å². The molecule has 3 aromatic rings. The number of anilines is 1. The molecule has 0 radical (unpaired) electrons. The van der Waals surface area contributed by atoms with Gasteiger partial charge in [-0.2, -0.15) is 0 Å². The molecule has 1 aromatic carbocycles. The van der Waals surface area contributed by atoms with E-state index in [-0.39, 0.29) is 0 Å². The van der Waals surface area contributed by atoms with Gasteiger partial charge < -0.3 is 9.88 Å². The summed E-state index contributed by atoms with van der Waals surface area (Å²) in [6.45, 7) is 0.878. The third-order valence-corrected chi connectivity index (χ3v) is 3.88. The second-order valence-electron chi connectivity index (χ2n) is 4.82. The van der Waals surface area contributed by atoms with E-state index in [9.17, 15) is 0 Å². The number of hydrogen-bond acceptors (Lipinski definition) is 2. The second-order valence-corrected chi connectivity index (χ2v) is 5.74. The minimum atomic E-state index is 0.878. The van der Waals surface area contributed by atoms with Crippen molar-refractivity contribution in [2.24, 2.45) is 7.05 Å². The van der Waals surface area contributed by atoms with Crippen molar-refractivity contribution in [3.63, 3.8) is 0 Å². The van der Waals surface area contributed by atoms with Gasteiger partial charge in [0.15, 0.2) is 0 Å². The molecule has 0 aliphatic heterocycles. The Balaban J connectivity index is 1.70. The lowest BCUT2D eigenvalue weighted by atomic mass is 10.1. The van der Waals surface area contributed by atoms with Crippen LogP contribution in [0, 0.1) is 0 Å². The van der Waals surface area contributed by atoms with Crippen molar-refractivity contribution in [2.75, 3.05) is 11.9 Å². The van der Waals surface area contributed by atoms with Gasteiger partial charge in [-0.3, -0.25) is 0 Å². The summed E-state index contributed by atoms with van der Waals surface area (Å²) in [5, 5.41) is 4.69. The molecule has 0 spiro atoms. The lowest BCUT2D eigenvalue weighted by molar-refractivity contribution is 0.941. The van der Waals surface area contributed by atoms with Crippen LogP contribution in [0.15, 0.2) is 53.3 Å². The average Bonchev–Trinajstić information content (AvgIpc) is 2.79. The average molecular weight is 330 g/mol. The Morgan fingerprint density at radius 1 is 1.20 bits per heavy atom. The topological polar surface area (TPSA) is 29.9 Å². The summed E-state index contributed by atoms with van der Waals surface area (Å²) in [6, 6.07) is 12.5. The SMILES string of the molecule is Cn1cc(CCNc2ccc(Br)cn2)c2ccccc21. The van der Waals surface area contributed by atoms with Crippen molar-refractivity contribution in [1.29, 1.82) is 0 Å². The minimum absolute atomic E-state index is 0.878. The number of benzene rings is 1. The van der Waals surface area contributed by atoms with Gasteiger partial charge in [0, 0.05) is 41.4 Å². The number of nitrogens with zero attached hydrogens (tertiary/aromatic N) is 2. The van der Waals surface area contributed by atoms with E-state index in [1.807, 2.05) is 12.1 Å². The number of halogens is 1. The van der Waals surface area contributed by atoms with Crippen LogP contribution in [-0.4, -0.2) is 16.1 Å². The number of aryl methyl sites for hydroxylation is 1. The van der Waals surface area contributed by atoms with Crippen LogP contribution in [0.1, 0.15) is 5.56 Å². The molecular weight excluding hydrogens is 314 g/mol. The van der Waals surface area contributed by atoms with Crippen LogP contribution in [0.3, 0.4) is 0 Å². The van der Waals surface area contributed by atoms with E-state index in [1.54, 1.807) is 6.20 Å². The van der Waals surface area contributed by atoms with Crippen molar-refractivity contribution in [3.8, 4) is 0 Å². The molecule has 1 N–H and O–H groups in total. The Bertz CT molecular complexity index is 716. The Morgan fingerprint density at radius 2 is 2.05 bits per heavy atom. The van der Waals surface area contributed by atoms with Gasteiger partial charge >= 0.3 is 0 Å². The first-order chi connectivity index (χ1) is 9.74. The lowest BCUT2D eigenvalue weighted by Gasteiger charge is -2.04. The van der Waals surface area contributed by atoms with Crippen LogP contribution in [-0.2, 0) is 13.5 Å². The zero-order chi connectivity index (χ0) is 13.9. The molecular formula is C16H16BrN3. The van der Waals surface area contributed by atoms with Gasteiger partial charge in [0.1, 0.15) is 5.82 Å². The third kappa shape index (κ3) is 2.70. The minimum Gasteiger partial charge on any atom is -0.370 e. The Labute approximate surface area is 126 Å². The predicted molar refractivity (Wildman–Crippen MR) is 87.0 cm³/mol. The van der Waals surface area contributed by atoms with Crippen molar-refractivity contribution in [2.45, 2.75) is 6.42 Å². The first-order valence-electron chi connectivity index (χ1n) is 6.62. The van der Waals surface area contributed by atoms with Crippen LogP contribution < -0.4 is 5.32 Å². The Kier molecular flexibility index (Phi) is 3.74. The largest absolute Gasteiger partial charge is 0.370 e. The molecule has 0 bridgehead atoms. The lowest BCUT2D eigenvalue weighted by Crippen LogP contribution is -2.05. The standard InChI is InChI=1S/C16H16BrN3/c1-20-11-12(14-4-2-3-5-15(14)20)8-9-18-16-7-6-13(17)10-19-16/h2-7,10-11H,8-9H2,1H3,(H,18,19). The molecule has 0 amide bonds. The Hall–Kier alpha value is -1.81. The van der Waals surface area contributed by atoms with Crippen LogP contribution in [0.25, 0.3) is 10.9 Å². The number of fused-ring (bicyclic) bond motifs is 1. The third-order valence-electron chi connectivity index (χ3n) is 3.41. The number of rotatable bonds is 4. The highest BCUT2D eigenvalue weighted by molar-refractivity contribution is 9.10.